The van der Waals surface area contributed by atoms with E-state index in [9.17, 15) is 14.0 Å². The van der Waals surface area contributed by atoms with Crippen LogP contribution in [0.25, 0.3) is 0 Å². The van der Waals surface area contributed by atoms with Gasteiger partial charge in [-0.15, -0.1) is 0 Å². The van der Waals surface area contributed by atoms with Crippen molar-refractivity contribution in [2.45, 2.75) is 45.6 Å². The zero-order valence-electron chi connectivity index (χ0n) is 16.4. The van der Waals surface area contributed by atoms with E-state index in [-0.39, 0.29) is 23.7 Å². The van der Waals surface area contributed by atoms with Crippen molar-refractivity contribution >= 4 is 17.5 Å². The average molecular weight is 390 g/mol. The minimum Gasteiger partial charge on any atom is -0.466 e. The molecule has 2 heterocycles. The molecule has 0 saturated carbocycles. The molecule has 6 nitrogen and oxygen atoms in total. The Morgan fingerprint density at radius 2 is 2.11 bits per heavy atom. The highest BCUT2D eigenvalue weighted by molar-refractivity contribution is 6.01. The Hall–Kier alpha value is -2.28. The van der Waals surface area contributed by atoms with Gasteiger partial charge in [-0.1, -0.05) is 17.3 Å². The third-order valence-electron chi connectivity index (χ3n) is 5.34. The minimum atomic E-state index is -0.706. The van der Waals surface area contributed by atoms with Gasteiger partial charge in [0.2, 0.25) is 0 Å². The van der Waals surface area contributed by atoms with Crippen LogP contribution in [0.1, 0.15) is 45.1 Å². The fraction of sp³-hybridized carbons (Fsp3) is 0.571. The van der Waals surface area contributed by atoms with Crippen molar-refractivity contribution in [2.24, 2.45) is 10.6 Å². The van der Waals surface area contributed by atoms with Crippen molar-refractivity contribution in [3.8, 4) is 0 Å². The van der Waals surface area contributed by atoms with Crippen LogP contribution in [0.15, 0.2) is 29.4 Å². The number of carbonyl (C=O) groups excluding carboxylic acids is 2. The fourth-order valence-corrected chi connectivity index (χ4v) is 4.16. The predicted molar refractivity (Wildman–Crippen MR) is 102 cm³/mol. The summed E-state index contributed by atoms with van der Waals surface area (Å²) in [6.07, 6.45) is 2.31. The topological polar surface area (TPSA) is 68.2 Å². The van der Waals surface area contributed by atoms with Crippen LogP contribution in [0.2, 0.25) is 0 Å². The Bertz CT molecular complexity index is 749. The van der Waals surface area contributed by atoms with Gasteiger partial charge in [0.1, 0.15) is 17.7 Å². The summed E-state index contributed by atoms with van der Waals surface area (Å²) in [5.74, 6) is -0.449. The maximum absolute atomic E-state index is 13.1. The summed E-state index contributed by atoms with van der Waals surface area (Å²) in [7, 11) is 0. The Kier molecular flexibility index (Phi) is 6.44. The standard InChI is InChI=1S/C21H27FN2O4/c1-3-27-20(26)21(9-4-10-24(14-21)13-15(2)25)12-18-11-19(23-28-18)16-5-7-17(22)8-6-16/h5-8,18H,3-4,9-14H2,1-2H3. The van der Waals surface area contributed by atoms with E-state index in [4.69, 9.17) is 9.57 Å². The highest BCUT2D eigenvalue weighted by atomic mass is 19.1. The number of Topliss-reactive ketones (excluding diaryl/α,β-unsaturated/α-hetero) is 1. The molecular formula is C21H27FN2O4. The summed E-state index contributed by atoms with van der Waals surface area (Å²) >= 11 is 0. The van der Waals surface area contributed by atoms with Crippen LogP contribution in [0.5, 0.6) is 0 Å². The number of ketones is 1. The van der Waals surface area contributed by atoms with Gasteiger partial charge in [0.25, 0.3) is 0 Å². The van der Waals surface area contributed by atoms with Crippen LogP contribution in [0, 0.1) is 11.2 Å². The Morgan fingerprint density at radius 3 is 2.79 bits per heavy atom. The van der Waals surface area contributed by atoms with Crippen molar-refractivity contribution in [3.63, 3.8) is 0 Å². The Balaban J connectivity index is 1.71. The molecular weight excluding hydrogens is 363 g/mol. The van der Waals surface area contributed by atoms with Gasteiger partial charge < -0.3 is 9.57 Å². The summed E-state index contributed by atoms with van der Waals surface area (Å²) in [5.41, 5.74) is 0.860. The number of carbonyl (C=O) groups is 2. The van der Waals surface area contributed by atoms with E-state index in [0.717, 1.165) is 24.2 Å². The molecule has 0 amide bonds. The van der Waals surface area contributed by atoms with Gasteiger partial charge in [-0.05, 0) is 50.9 Å². The first-order valence-corrected chi connectivity index (χ1v) is 9.79. The van der Waals surface area contributed by atoms with E-state index in [0.29, 0.717) is 39.0 Å². The summed E-state index contributed by atoms with van der Waals surface area (Å²) in [5, 5.41) is 4.16. The van der Waals surface area contributed by atoms with E-state index in [1.54, 1.807) is 26.0 Å². The molecule has 0 bridgehead atoms. The molecule has 3 rings (SSSR count). The number of nitrogens with zero attached hydrogens (tertiary/aromatic N) is 2. The first-order chi connectivity index (χ1) is 13.4. The van der Waals surface area contributed by atoms with E-state index < -0.39 is 5.41 Å². The molecule has 2 aliphatic rings. The molecule has 0 N–H and O–H groups in total. The van der Waals surface area contributed by atoms with Crippen LogP contribution in [0.3, 0.4) is 0 Å². The lowest BCUT2D eigenvalue weighted by atomic mass is 9.74. The number of hydrogen-bond acceptors (Lipinski definition) is 6. The molecule has 0 radical (unpaired) electrons. The molecule has 1 aromatic carbocycles. The van der Waals surface area contributed by atoms with Gasteiger partial charge in [-0.25, -0.2) is 4.39 Å². The van der Waals surface area contributed by atoms with Crippen molar-refractivity contribution in [3.05, 3.63) is 35.6 Å². The minimum absolute atomic E-state index is 0.0821. The van der Waals surface area contributed by atoms with Crippen LogP contribution in [-0.2, 0) is 19.2 Å². The lowest BCUT2D eigenvalue weighted by Gasteiger charge is -2.41. The lowest BCUT2D eigenvalue weighted by Crippen LogP contribution is -2.51. The number of oxime groups is 1. The van der Waals surface area contributed by atoms with Crippen LogP contribution in [0.4, 0.5) is 4.39 Å². The maximum Gasteiger partial charge on any atom is 0.313 e. The molecule has 1 fully saturated rings. The van der Waals surface area contributed by atoms with Gasteiger partial charge in [-0.3, -0.25) is 14.5 Å². The van der Waals surface area contributed by atoms with Gasteiger partial charge in [-0.2, -0.15) is 0 Å². The Morgan fingerprint density at radius 1 is 1.36 bits per heavy atom. The van der Waals surface area contributed by atoms with Crippen molar-refractivity contribution in [2.75, 3.05) is 26.2 Å². The molecule has 7 heteroatoms. The summed E-state index contributed by atoms with van der Waals surface area (Å²) in [6, 6.07) is 6.14. The SMILES string of the molecule is CCOC(=O)C1(CC2CC(c3ccc(F)cc3)=NO2)CCCN(CC(C)=O)C1. The highest BCUT2D eigenvalue weighted by Crippen LogP contribution is 2.39. The van der Waals surface area contributed by atoms with Gasteiger partial charge in [0.05, 0.1) is 24.3 Å². The quantitative estimate of drug-likeness (QED) is 0.670. The normalized spacial score (nSPS) is 25.1. The van der Waals surface area contributed by atoms with E-state index >= 15 is 0 Å². The molecule has 152 valence electrons. The second kappa shape index (κ2) is 8.82. The molecule has 0 aliphatic carbocycles. The van der Waals surface area contributed by atoms with Gasteiger partial charge in [0.15, 0.2) is 0 Å². The molecule has 0 spiro atoms. The third kappa shape index (κ3) is 4.76. The second-order valence-electron chi connectivity index (χ2n) is 7.70. The number of esters is 1. The van der Waals surface area contributed by atoms with Crippen LogP contribution in [-0.4, -0.2) is 54.7 Å². The number of hydrogen-bond donors (Lipinski definition) is 0. The lowest BCUT2D eigenvalue weighted by molar-refractivity contribution is -0.162. The molecule has 1 saturated heterocycles. The Labute approximate surface area is 164 Å². The van der Waals surface area contributed by atoms with Crippen molar-refractivity contribution in [1.29, 1.82) is 0 Å². The van der Waals surface area contributed by atoms with Gasteiger partial charge >= 0.3 is 5.97 Å². The van der Waals surface area contributed by atoms with Crippen molar-refractivity contribution in [1.82, 2.24) is 4.90 Å². The second-order valence-corrected chi connectivity index (χ2v) is 7.70. The van der Waals surface area contributed by atoms with E-state index in [2.05, 4.69) is 5.16 Å². The van der Waals surface area contributed by atoms with E-state index in [1.807, 2.05) is 4.90 Å². The maximum atomic E-state index is 13.1. The molecule has 2 atom stereocenters. The summed E-state index contributed by atoms with van der Waals surface area (Å²) < 4.78 is 18.5. The number of rotatable bonds is 7. The summed E-state index contributed by atoms with van der Waals surface area (Å²) in [6.45, 7) is 5.29. The predicted octanol–water partition coefficient (Wildman–Crippen LogP) is 2.94. The fourth-order valence-electron chi connectivity index (χ4n) is 4.16. The number of ether oxygens (including phenoxy) is 1. The number of likely N-dealkylation sites (tertiary alicyclic amines) is 1. The average Bonchev–Trinajstić information content (AvgIpc) is 3.10. The molecule has 2 unspecified atom stereocenters. The highest BCUT2D eigenvalue weighted by Gasteiger charge is 2.46. The third-order valence-corrected chi connectivity index (χ3v) is 5.34. The first kappa shape index (κ1) is 20.5. The number of halogens is 1. The van der Waals surface area contributed by atoms with Crippen LogP contribution >= 0.6 is 0 Å². The van der Waals surface area contributed by atoms with Gasteiger partial charge in [0, 0.05) is 19.4 Å². The van der Waals surface area contributed by atoms with Crippen LogP contribution < -0.4 is 0 Å². The molecule has 28 heavy (non-hydrogen) atoms. The zero-order valence-corrected chi connectivity index (χ0v) is 16.4. The number of benzene rings is 1. The smallest absolute Gasteiger partial charge is 0.313 e. The molecule has 2 aliphatic heterocycles. The largest absolute Gasteiger partial charge is 0.466 e. The monoisotopic (exact) mass is 390 g/mol. The molecule has 0 aromatic heterocycles. The summed E-state index contributed by atoms with van der Waals surface area (Å²) in [4.78, 5) is 32.1. The zero-order chi connectivity index (χ0) is 20.1. The van der Waals surface area contributed by atoms with E-state index in [1.165, 1.54) is 12.1 Å². The molecule has 1 aromatic rings. The first-order valence-electron chi connectivity index (χ1n) is 9.79. The van der Waals surface area contributed by atoms with Crippen molar-refractivity contribution < 1.29 is 23.6 Å². The number of piperidine rings is 1.